The summed E-state index contributed by atoms with van der Waals surface area (Å²) in [5.74, 6) is -0.960. The van der Waals surface area contributed by atoms with Gasteiger partial charge in [0, 0.05) is 12.8 Å². The second-order valence-electron chi connectivity index (χ2n) is 11.8. The Morgan fingerprint density at radius 3 is 1.67 bits per heavy atom. The van der Waals surface area contributed by atoms with E-state index in [4.69, 9.17) is 19.3 Å². The Bertz CT molecular complexity index is 1010. The molecule has 8 nitrogen and oxygen atoms in total. The first kappa shape index (κ1) is 45.5. The van der Waals surface area contributed by atoms with E-state index in [1.807, 2.05) is 0 Å². The Morgan fingerprint density at radius 2 is 1.06 bits per heavy atom. The van der Waals surface area contributed by atoms with Crippen molar-refractivity contribution in [1.29, 1.82) is 0 Å². The SMILES string of the molecule is CC/C=C/C/C=C/C/C=C/C/C=C/CCCCC(=O)O[C@H](COC(=O)CCCCCCC/C=C/C=C/CCCCCC)COP(=O)(O)O. The summed E-state index contributed by atoms with van der Waals surface area (Å²) in [4.78, 5) is 42.6. The second-order valence-corrected chi connectivity index (χ2v) is 13.1. The van der Waals surface area contributed by atoms with Crippen molar-refractivity contribution in [2.75, 3.05) is 13.2 Å². The summed E-state index contributed by atoms with van der Waals surface area (Å²) >= 11 is 0. The molecule has 0 saturated carbocycles. The second kappa shape index (κ2) is 34.4. The summed E-state index contributed by atoms with van der Waals surface area (Å²) in [7, 11) is -4.77. The summed E-state index contributed by atoms with van der Waals surface area (Å²) in [6, 6.07) is 0. The smallest absolute Gasteiger partial charge is 0.462 e. The molecule has 0 aromatic heterocycles. The average molecular weight is 693 g/mol. The zero-order valence-electron chi connectivity index (χ0n) is 29.9. The Morgan fingerprint density at radius 1 is 0.583 bits per heavy atom. The van der Waals surface area contributed by atoms with Crippen molar-refractivity contribution in [3.8, 4) is 0 Å². The minimum atomic E-state index is -4.77. The first-order valence-corrected chi connectivity index (χ1v) is 19.8. The molecule has 0 heterocycles. The number of phosphoric acid groups is 1. The largest absolute Gasteiger partial charge is 0.469 e. The maximum Gasteiger partial charge on any atom is 0.469 e. The van der Waals surface area contributed by atoms with E-state index < -0.39 is 32.5 Å². The Balaban J connectivity index is 4.11. The summed E-state index contributed by atoms with van der Waals surface area (Å²) in [5, 5.41) is 0. The van der Waals surface area contributed by atoms with Gasteiger partial charge in [-0.05, 0) is 77.0 Å². The fourth-order valence-corrected chi connectivity index (χ4v) is 4.89. The van der Waals surface area contributed by atoms with Crippen LogP contribution >= 0.6 is 7.82 Å². The molecule has 0 amide bonds. The van der Waals surface area contributed by atoms with E-state index in [2.05, 4.69) is 91.3 Å². The van der Waals surface area contributed by atoms with Crippen LogP contribution in [0.3, 0.4) is 0 Å². The third-order valence-corrected chi connectivity index (χ3v) is 7.72. The van der Waals surface area contributed by atoms with Crippen molar-refractivity contribution in [2.24, 2.45) is 0 Å². The topological polar surface area (TPSA) is 119 Å². The summed E-state index contributed by atoms with van der Waals surface area (Å²) < 4.78 is 26.2. The Kier molecular flexibility index (Phi) is 32.6. The van der Waals surface area contributed by atoms with Gasteiger partial charge in [-0.1, -0.05) is 125 Å². The molecule has 0 fully saturated rings. The first-order valence-electron chi connectivity index (χ1n) is 18.2. The molecular formula is C39H65O8P. The van der Waals surface area contributed by atoms with Crippen LogP contribution in [-0.2, 0) is 28.2 Å². The number of carbonyl (C=O) groups excluding carboxylic acids is 2. The van der Waals surface area contributed by atoms with Crippen molar-refractivity contribution in [1.82, 2.24) is 0 Å². The lowest BCUT2D eigenvalue weighted by Crippen LogP contribution is -2.29. The molecule has 0 spiro atoms. The van der Waals surface area contributed by atoms with Gasteiger partial charge in [-0.15, -0.1) is 0 Å². The van der Waals surface area contributed by atoms with Crippen LogP contribution < -0.4 is 0 Å². The highest BCUT2D eigenvalue weighted by molar-refractivity contribution is 7.46. The van der Waals surface area contributed by atoms with Crippen LogP contribution in [0, 0.1) is 0 Å². The van der Waals surface area contributed by atoms with Crippen LogP contribution in [0.1, 0.15) is 142 Å². The van der Waals surface area contributed by atoms with Crippen molar-refractivity contribution in [2.45, 2.75) is 148 Å². The van der Waals surface area contributed by atoms with Gasteiger partial charge in [0.05, 0.1) is 6.61 Å². The molecule has 48 heavy (non-hydrogen) atoms. The Labute approximate surface area is 291 Å². The van der Waals surface area contributed by atoms with Gasteiger partial charge in [0.15, 0.2) is 6.10 Å². The molecule has 0 radical (unpaired) electrons. The number of esters is 2. The Hall–Kier alpha value is -2.51. The van der Waals surface area contributed by atoms with E-state index in [-0.39, 0.29) is 19.4 Å². The minimum Gasteiger partial charge on any atom is -0.462 e. The van der Waals surface area contributed by atoms with Crippen molar-refractivity contribution in [3.05, 3.63) is 72.9 Å². The van der Waals surface area contributed by atoms with Crippen molar-refractivity contribution in [3.63, 3.8) is 0 Å². The zero-order valence-corrected chi connectivity index (χ0v) is 30.7. The van der Waals surface area contributed by atoms with Crippen molar-refractivity contribution >= 4 is 19.8 Å². The summed E-state index contributed by atoms with van der Waals surface area (Å²) in [6.45, 7) is 3.47. The molecule has 0 aliphatic carbocycles. The van der Waals surface area contributed by atoms with Gasteiger partial charge < -0.3 is 19.3 Å². The van der Waals surface area contributed by atoms with Gasteiger partial charge in [0.25, 0.3) is 0 Å². The maximum atomic E-state index is 12.3. The summed E-state index contributed by atoms with van der Waals surface area (Å²) in [5.41, 5.74) is 0. The van der Waals surface area contributed by atoms with Crippen LogP contribution in [0.4, 0.5) is 0 Å². The van der Waals surface area contributed by atoms with Crippen LogP contribution in [-0.4, -0.2) is 41.0 Å². The molecule has 0 saturated heterocycles. The minimum absolute atomic E-state index is 0.152. The standard InChI is InChI=1S/C39H65O8P/c1-3-5-7-9-11-13-15-17-19-21-23-25-27-29-31-33-38(40)45-35-37(36-46-48(42,43)44)47-39(41)34-32-30-28-26-24-22-20-18-16-14-12-10-8-6-4-2/h6,8,12-15,17-20,24,26,37H,3-5,7,9-11,16,21-23,25,27-36H2,1-2H3,(H2,42,43,44)/b8-6+,14-12+,15-13+,19-17+,20-18+,26-24+/t37-/m1/s1. The predicted molar refractivity (Wildman–Crippen MR) is 197 cm³/mol. The zero-order chi connectivity index (χ0) is 35.4. The van der Waals surface area contributed by atoms with Crippen LogP contribution in [0.15, 0.2) is 72.9 Å². The van der Waals surface area contributed by atoms with E-state index in [1.165, 1.54) is 25.7 Å². The van der Waals surface area contributed by atoms with Crippen LogP contribution in [0.2, 0.25) is 0 Å². The highest BCUT2D eigenvalue weighted by atomic mass is 31.2. The molecule has 0 rings (SSSR count). The molecule has 0 unspecified atom stereocenters. The molecule has 1 atom stereocenters. The fraction of sp³-hybridized carbons (Fsp3) is 0.641. The number of hydrogen-bond donors (Lipinski definition) is 2. The van der Waals surface area contributed by atoms with Gasteiger partial charge in [0.1, 0.15) is 6.61 Å². The van der Waals surface area contributed by atoms with E-state index in [0.29, 0.717) is 12.8 Å². The number of rotatable bonds is 32. The number of carbonyl (C=O) groups is 2. The van der Waals surface area contributed by atoms with Gasteiger partial charge in [0.2, 0.25) is 0 Å². The van der Waals surface area contributed by atoms with Crippen LogP contribution in [0.5, 0.6) is 0 Å². The normalized spacial score (nSPS) is 13.3. The van der Waals surface area contributed by atoms with Gasteiger partial charge in [-0.25, -0.2) is 4.57 Å². The van der Waals surface area contributed by atoms with Gasteiger partial charge in [-0.3, -0.25) is 14.1 Å². The van der Waals surface area contributed by atoms with Crippen molar-refractivity contribution < 1.29 is 37.9 Å². The molecule has 0 aromatic rings. The fourth-order valence-electron chi connectivity index (χ4n) is 4.53. The molecule has 2 N–H and O–H groups in total. The first-order chi connectivity index (χ1) is 23.3. The molecule has 0 bridgehead atoms. The number of phosphoric ester groups is 1. The lowest BCUT2D eigenvalue weighted by molar-refractivity contribution is -0.161. The molecule has 0 aromatic carbocycles. The highest BCUT2D eigenvalue weighted by Crippen LogP contribution is 2.35. The molecule has 9 heteroatoms. The molecular weight excluding hydrogens is 627 g/mol. The maximum absolute atomic E-state index is 12.3. The van der Waals surface area contributed by atoms with Crippen LogP contribution in [0.25, 0.3) is 0 Å². The number of ether oxygens (including phenoxy) is 2. The number of hydrogen-bond acceptors (Lipinski definition) is 6. The van der Waals surface area contributed by atoms with E-state index in [1.54, 1.807) is 0 Å². The number of unbranched alkanes of at least 4 members (excludes halogenated alkanes) is 11. The third kappa shape index (κ3) is 36.3. The average Bonchev–Trinajstić information content (AvgIpc) is 3.05. The quantitative estimate of drug-likeness (QED) is 0.0235. The van der Waals surface area contributed by atoms with E-state index >= 15 is 0 Å². The molecule has 0 aliphatic rings. The van der Waals surface area contributed by atoms with E-state index in [9.17, 15) is 14.2 Å². The van der Waals surface area contributed by atoms with E-state index in [0.717, 1.165) is 77.0 Å². The predicted octanol–water partition coefficient (Wildman–Crippen LogP) is 10.7. The number of allylic oxidation sites excluding steroid dienone is 12. The van der Waals surface area contributed by atoms with Gasteiger partial charge in [-0.2, -0.15) is 0 Å². The molecule has 274 valence electrons. The third-order valence-electron chi connectivity index (χ3n) is 7.24. The highest BCUT2D eigenvalue weighted by Gasteiger charge is 2.22. The monoisotopic (exact) mass is 692 g/mol. The molecule has 0 aliphatic heterocycles. The lowest BCUT2D eigenvalue weighted by Gasteiger charge is -2.18. The summed E-state index contributed by atoms with van der Waals surface area (Å²) in [6.07, 6.45) is 43.4. The lowest BCUT2D eigenvalue weighted by atomic mass is 10.1. The van der Waals surface area contributed by atoms with Gasteiger partial charge >= 0.3 is 19.8 Å².